The van der Waals surface area contributed by atoms with E-state index in [9.17, 15) is 14.0 Å². The molecule has 8 heteroatoms. The molecule has 0 fully saturated rings. The van der Waals surface area contributed by atoms with Crippen LogP contribution >= 0.6 is 0 Å². The van der Waals surface area contributed by atoms with Gasteiger partial charge in [-0.25, -0.2) is 9.18 Å². The first-order valence-corrected chi connectivity index (χ1v) is 8.91. The van der Waals surface area contributed by atoms with E-state index in [4.69, 9.17) is 20.3 Å². The molecule has 0 bridgehead atoms. The lowest BCUT2D eigenvalue weighted by Gasteiger charge is -2.23. The predicted octanol–water partition coefficient (Wildman–Crippen LogP) is 2.10. The van der Waals surface area contributed by atoms with Crippen LogP contribution in [0.5, 0.6) is 5.75 Å². The summed E-state index contributed by atoms with van der Waals surface area (Å²) < 4.78 is 25.2. The molecule has 7 nitrogen and oxygen atoms in total. The minimum atomic E-state index is -0.688. The molecule has 0 aliphatic heterocycles. The number of nitrogens with one attached hydrogen (secondary N) is 1. The van der Waals surface area contributed by atoms with Crippen LogP contribution in [-0.2, 0) is 9.53 Å². The molecule has 0 aromatic heterocycles. The first-order valence-electron chi connectivity index (χ1n) is 8.91. The first-order chi connectivity index (χ1) is 13.1. The maximum Gasteiger partial charge on any atom is 0.407 e. The fourth-order valence-electron chi connectivity index (χ4n) is 2.11. The average Bonchev–Trinajstić information content (AvgIpc) is 2.58. The van der Waals surface area contributed by atoms with Crippen molar-refractivity contribution in [1.29, 1.82) is 0 Å². The van der Waals surface area contributed by atoms with Crippen molar-refractivity contribution in [3.8, 4) is 17.6 Å². The van der Waals surface area contributed by atoms with Gasteiger partial charge >= 0.3 is 6.09 Å². The molecule has 1 atom stereocenters. The Kier molecular flexibility index (Phi) is 9.25. The second-order valence-corrected chi connectivity index (χ2v) is 7.05. The Balaban J connectivity index is 2.81. The second kappa shape index (κ2) is 11.1. The third-order valence-corrected chi connectivity index (χ3v) is 3.32. The van der Waals surface area contributed by atoms with E-state index >= 15 is 0 Å². The van der Waals surface area contributed by atoms with E-state index < -0.39 is 29.5 Å². The smallest absolute Gasteiger partial charge is 0.407 e. The lowest BCUT2D eigenvalue weighted by Crippen LogP contribution is -2.42. The van der Waals surface area contributed by atoms with Crippen molar-refractivity contribution >= 4 is 12.0 Å². The van der Waals surface area contributed by atoms with E-state index in [1.807, 2.05) is 0 Å². The minimum Gasteiger partial charge on any atom is -0.488 e. The van der Waals surface area contributed by atoms with Crippen molar-refractivity contribution in [3.63, 3.8) is 0 Å². The number of primary amides is 1. The highest BCUT2D eigenvalue weighted by atomic mass is 19.1. The first kappa shape index (κ1) is 23.2. The number of nitrogens with two attached hydrogens (primary N) is 1. The molecule has 1 rings (SSSR count). The van der Waals surface area contributed by atoms with Crippen LogP contribution < -0.4 is 15.8 Å². The van der Waals surface area contributed by atoms with Crippen LogP contribution in [0.15, 0.2) is 18.2 Å². The highest BCUT2D eigenvalue weighted by Crippen LogP contribution is 2.20. The fourth-order valence-corrected chi connectivity index (χ4v) is 2.11. The Bertz CT molecular complexity index is 734. The lowest BCUT2D eigenvalue weighted by atomic mass is 10.1. The summed E-state index contributed by atoms with van der Waals surface area (Å²) in [7, 11) is 0. The number of hydrogen-bond donors (Lipinski definition) is 3. The number of hydrogen-bond acceptors (Lipinski definition) is 5. The van der Waals surface area contributed by atoms with Crippen molar-refractivity contribution < 1.29 is 28.6 Å². The highest BCUT2D eigenvalue weighted by molar-refractivity contribution is 5.74. The molecule has 0 radical (unpaired) electrons. The summed E-state index contributed by atoms with van der Waals surface area (Å²) in [5.41, 5.74) is 4.62. The van der Waals surface area contributed by atoms with Crippen LogP contribution in [0.2, 0.25) is 0 Å². The minimum absolute atomic E-state index is 0.0268. The van der Waals surface area contributed by atoms with Gasteiger partial charge in [-0.2, -0.15) is 0 Å². The van der Waals surface area contributed by atoms with Gasteiger partial charge in [-0.1, -0.05) is 17.9 Å². The monoisotopic (exact) mass is 394 g/mol. The molecule has 2 amide bonds. The molecule has 1 aromatic carbocycles. The van der Waals surface area contributed by atoms with Gasteiger partial charge in [0.25, 0.3) is 0 Å². The fraction of sp³-hybridized carbons (Fsp3) is 0.500. The zero-order chi connectivity index (χ0) is 21.2. The molecule has 0 spiro atoms. The van der Waals surface area contributed by atoms with Crippen LogP contribution in [0, 0.1) is 17.7 Å². The van der Waals surface area contributed by atoms with Gasteiger partial charge in [-0.05, 0) is 39.3 Å². The standard InChI is InChI=1S/C20H27FN2O5/c1-20(2,3)28-19(26)23-15(10-11-17(22)25)13-27-16-9-6-8-14(18(16)21)7-4-5-12-24/h6,8-9,15,24H,5,10-13H2,1-3H3,(H2,22,25)(H,23,26). The van der Waals surface area contributed by atoms with Crippen LogP contribution in [0.3, 0.4) is 0 Å². The third-order valence-electron chi connectivity index (χ3n) is 3.32. The number of aliphatic hydroxyl groups excluding tert-OH is 1. The highest BCUT2D eigenvalue weighted by Gasteiger charge is 2.21. The number of carbonyl (C=O) groups is 2. The summed E-state index contributed by atoms with van der Waals surface area (Å²) in [5.74, 6) is 4.07. The van der Waals surface area contributed by atoms with Crippen LogP contribution in [-0.4, -0.2) is 42.0 Å². The predicted molar refractivity (Wildman–Crippen MR) is 102 cm³/mol. The number of rotatable bonds is 8. The largest absolute Gasteiger partial charge is 0.488 e. The molecule has 4 N–H and O–H groups in total. The number of ether oxygens (including phenoxy) is 2. The van der Waals surface area contributed by atoms with Crippen LogP contribution in [0.4, 0.5) is 9.18 Å². The number of carbonyl (C=O) groups excluding carboxylic acids is 2. The lowest BCUT2D eigenvalue weighted by molar-refractivity contribution is -0.118. The van der Waals surface area contributed by atoms with Gasteiger partial charge in [0.05, 0.1) is 18.2 Å². The van der Waals surface area contributed by atoms with Gasteiger partial charge in [-0.3, -0.25) is 4.79 Å². The molecule has 154 valence electrons. The van der Waals surface area contributed by atoms with E-state index in [2.05, 4.69) is 17.2 Å². The van der Waals surface area contributed by atoms with Crippen LogP contribution in [0.1, 0.15) is 45.6 Å². The summed E-state index contributed by atoms with van der Waals surface area (Å²) in [5, 5.41) is 11.3. The molecule has 0 saturated heterocycles. The maximum atomic E-state index is 14.5. The Labute approximate surface area is 164 Å². The molecular weight excluding hydrogens is 367 g/mol. The Morgan fingerprint density at radius 1 is 1.36 bits per heavy atom. The quantitative estimate of drug-likeness (QED) is 0.585. The molecule has 0 heterocycles. The van der Waals surface area contributed by atoms with E-state index in [1.54, 1.807) is 26.8 Å². The molecule has 28 heavy (non-hydrogen) atoms. The van der Waals surface area contributed by atoms with Gasteiger partial charge in [0.1, 0.15) is 12.2 Å². The van der Waals surface area contributed by atoms with E-state index in [1.165, 1.54) is 12.1 Å². The molecular formula is C20H27FN2O5. The molecule has 0 saturated carbocycles. The summed E-state index contributed by atoms with van der Waals surface area (Å²) >= 11 is 0. The van der Waals surface area contributed by atoms with Crippen LogP contribution in [0.25, 0.3) is 0 Å². The normalized spacial score (nSPS) is 11.8. The average molecular weight is 394 g/mol. The molecule has 1 unspecified atom stereocenters. The third kappa shape index (κ3) is 9.24. The van der Waals surface area contributed by atoms with Gasteiger partial charge in [0, 0.05) is 12.8 Å². The Hall–Kier alpha value is -2.79. The second-order valence-electron chi connectivity index (χ2n) is 7.05. The van der Waals surface area contributed by atoms with E-state index in [0.29, 0.717) is 0 Å². The van der Waals surface area contributed by atoms with E-state index in [0.717, 1.165) is 0 Å². The van der Waals surface area contributed by atoms with Crippen molar-refractivity contribution in [2.45, 2.75) is 51.7 Å². The van der Waals surface area contributed by atoms with Gasteiger partial charge < -0.3 is 25.6 Å². The van der Waals surface area contributed by atoms with Crippen molar-refractivity contribution in [3.05, 3.63) is 29.6 Å². The Morgan fingerprint density at radius 2 is 2.07 bits per heavy atom. The zero-order valence-corrected chi connectivity index (χ0v) is 16.4. The molecule has 0 aliphatic rings. The molecule has 1 aromatic rings. The van der Waals surface area contributed by atoms with Crippen molar-refractivity contribution in [2.75, 3.05) is 13.2 Å². The van der Waals surface area contributed by atoms with E-state index in [-0.39, 0.29) is 43.8 Å². The maximum absolute atomic E-state index is 14.5. The van der Waals surface area contributed by atoms with Crippen molar-refractivity contribution in [1.82, 2.24) is 5.32 Å². The zero-order valence-electron chi connectivity index (χ0n) is 16.4. The topological polar surface area (TPSA) is 111 Å². The van der Waals surface area contributed by atoms with Crippen molar-refractivity contribution in [2.24, 2.45) is 5.73 Å². The van der Waals surface area contributed by atoms with Gasteiger partial charge in [0.15, 0.2) is 11.6 Å². The number of aliphatic hydroxyl groups is 1. The summed E-state index contributed by atoms with van der Waals surface area (Å²) in [6.07, 6.45) is -0.195. The number of amides is 2. The number of benzene rings is 1. The number of halogens is 1. The molecule has 0 aliphatic carbocycles. The summed E-state index contributed by atoms with van der Waals surface area (Å²) in [6, 6.07) is 3.91. The summed E-state index contributed by atoms with van der Waals surface area (Å²) in [6.45, 7) is 4.97. The SMILES string of the molecule is CC(C)(C)OC(=O)NC(CCC(N)=O)COc1cccc(C#CCCO)c1F. The number of alkyl carbamates (subject to hydrolysis) is 1. The summed E-state index contributed by atoms with van der Waals surface area (Å²) in [4.78, 5) is 23.0. The van der Waals surface area contributed by atoms with Gasteiger partial charge in [-0.15, -0.1) is 0 Å². The van der Waals surface area contributed by atoms with Gasteiger partial charge in [0.2, 0.25) is 5.91 Å². The Morgan fingerprint density at radius 3 is 2.68 bits per heavy atom.